The minimum absolute atomic E-state index is 0.122. The first-order valence-electron chi connectivity index (χ1n) is 7.16. The lowest BCUT2D eigenvalue weighted by atomic mass is 10.1. The third-order valence-corrected chi connectivity index (χ3v) is 3.53. The number of aromatic nitrogens is 2. The fourth-order valence-corrected chi connectivity index (χ4v) is 2.49. The zero-order valence-electron chi connectivity index (χ0n) is 12.8. The molecule has 0 saturated heterocycles. The van der Waals surface area contributed by atoms with Crippen LogP contribution in [-0.4, -0.2) is 28.4 Å². The van der Waals surface area contributed by atoms with Crippen LogP contribution in [0.4, 0.5) is 10.1 Å². The highest BCUT2D eigenvalue weighted by Gasteiger charge is 2.14. The molecule has 3 rings (SSSR count). The van der Waals surface area contributed by atoms with Crippen LogP contribution in [0.5, 0.6) is 5.75 Å². The van der Waals surface area contributed by atoms with Crippen LogP contribution in [-0.2, 0) is 4.79 Å². The molecular weight excluding hydrogens is 347 g/mol. The first kappa shape index (κ1) is 16.7. The van der Waals surface area contributed by atoms with Gasteiger partial charge in [-0.2, -0.15) is 0 Å². The number of H-pyrrole nitrogens is 2. The summed E-state index contributed by atoms with van der Waals surface area (Å²) in [6, 6.07) is 8.70. The van der Waals surface area contributed by atoms with Gasteiger partial charge in [0.1, 0.15) is 11.6 Å². The molecule has 0 spiro atoms. The summed E-state index contributed by atoms with van der Waals surface area (Å²) in [4.78, 5) is 28.7. The molecule has 0 unspecified atom stereocenters. The van der Waals surface area contributed by atoms with E-state index in [9.17, 15) is 14.0 Å². The van der Waals surface area contributed by atoms with E-state index in [1.807, 2.05) is 0 Å². The summed E-state index contributed by atoms with van der Waals surface area (Å²) >= 11 is 4.98. The lowest BCUT2D eigenvalue weighted by Gasteiger charge is -2.08. The van der Waals surface area contributed by atoms with Gasteiger partial charge in [0.05, 0.1) is 16.6 Å². The second-order valence-electron chi connectivity index (χ2n) is 5.19. The van der Waals surface area contributed by atoms with Crippen molar-refractivity contribution in [3.8, 4) is 5.75 Å². The van der Waals surface area contributed by atoms with Gasteiger partial charge in [-0.3, -0.25) is 9.59 Å². The van der Waals surface area contributed by atoms with Gasteiger partial charge in [-0.15, -0.1) is 0 Å². The summed E-state index contributed by atoms with van der Waals surface area (Å²) in [5.74, 6) is -1.21. The molecule has 0 fully saturated rings. The van der Waals surface area contributed by atoms with E-state index >= 15 is 0 Å². The van der Waals surface area contributed by atoms with Crippen molar-refractivity contribution in [3.63, 3.8) is 0 Å². The molecule has 0 aliphatic rings. The molecule has 5 N–H and O–H groups in total. The molecule has 0 bridgehead atoms. The number of amides is 2. The number of nitrogens with two attached hydrogens (primary N) is 1. The highest BCUT2D eigenvalue weighted by atomic mass is 32.1. The number of anilines is 1. The zero-order chi connectivity index (χ0) is 18.0. The first-order chi connectivity index (χ1) is 11.9. The van der Waals surface area contributed by atoms with Gasteiger partial charge in [0.2, 0.25) is 0 Å². The lowest BCUT2D eigenvalue weighted by molar-refractivity contribution is -0.119. The molecule has 2 aromatic carbocycles. The van der Waals surface area contributed by atoms with E-state index in [1.165, 1.54) is 6.07 Å². The Morgan fingerprint density at radius 3 is 2.60 bits per heavy atom. The topological polar surface area (TPSA) is 113 Å². The molecule has 9 heteroatoms. The summed E-state index contributed by atoms with van der Waals surface area (Å²) in [5, 5.41) is 2.66. The van der Waals surface area contributed by atoms with E-state index < -0.39 is 17.6 Å². The standard InChI is InChI=1S/C16H13FN4O3S/c17-8-5-11(14-12(6-8)20-16(25)21-14)15(23)19-9-1-3-10(4-2-9)24-7-13(18)22/h1-6H,7H2,(H2,18,22)(H,19,23)(H2,20,21,25). The van der Waals surface area contributed by atoms with Crippen LogP contribution in [0.15, 0.2) is 36.4 Å². The van der Waals surface area contributed by atoms with Gasteiger partial charge in [-0.05, 0) is 48.6 Å². The van der Waals surface area contributed by atoms with Crippen LogP contribution in [0.3, 0.4) is 0 Å². The Bertz CT molecular complexity index is 1010. The van der Waals surface area contributed by atoms with Gasteiger partial charge in [0, 0.05) is 5.69 Å². The zero-order valence-corrected chi connectivity index (χ0v) is 13.6. The molecule has 25 heavy (non-hydrogen) atoms. The monoisotopic (exact) mass is 360 g/mol. The summed E-state index contributed by atoms with van der Waals surface area (Å²) in [7, 11) is 0. The highest BCUT2D eigenvalue weighted by Crippen LogP contribution is 2.21. The molecule has 2 amide bonds. The van der Waals surface area contributed by atoms with Crippen molar-refractivity contribution >= 4 is 40.8 Å². The molecule has 0 atom stereocenters. The third-order valence-electron chi connectivity index (χ3n) is 3.33. The fourth-order valence-electron chi connectivity index (χ4n) is 2.27. The number of carbonyl (C=O) groups is 2. The average molecular weight is 360 g/mol. The molecule has 7 nitrogen and oxygen atoms in total. The van der Waals surface area contributed by atoms with E-state index in [1.54, 1.807) is 24.3 Å². The van der Waals surface area contributed by atoms with E-state index in [0.717, 1.165) is 6.07 Å². The van der Waals surface area contributed by atoms with E-state index in [-0.39, 0.29) is 12.2 Å². The number of halogens is 1. The number of ether oxygens (including phenoxy) is 1. The minimum Gasteiger partial charge on any atom is -0.484 e. The molecule has 0 radical (unpaired) electrons. The van der Waals surface area contributed by atoms with Gasteiger partial charge in [-0.25, -0.2) is 4.39 Å². The highest BCUT2D eigenvalue weighted by molar-refractivity contribution is 7.71. The SMILES string of the molecule is NC(=O)COc1ccc(NC(=O)c2cc(F)cc3[nH]c(=S)[nH]c23)cc1. The Balaban J connectivity index is 1.80. The smallest absolute Gasteiger partial charge is 0.257 e. The van der Waals surface area contributed by atoms with Gasteiger partial charge >= 0.3 is 0 Å². The Labute approximate surface area is 146 Å². The Morgan fingerprint density at radius 1 is 1.20 bits per heavy atom. The number of carbonyl (C=O) groups excluding carboxylic acids is 2. The van der Waals surface area contributed by atoms with Crippen LogP contribution < -0.4 is 15.8 Å². The minimum atomic E-state index is -0.587. The summed E-state index contributed by atoms with van der Waals surface area (Å²) in [6.07, 6.45) is 0. The third kappa shape index (κ3) is 3.83. The Morgan fingerprint density at radius 2 is 1.92 bits per heavy atom. The molecule has 0 aliphatic carbocycles. The number of aromatic amines is 2. The largest absolute Gasteiger partial charge is 0.484 e. The lowest BCUT2D eigenvalue weighted by Crippen LogP contribution is -2.20. The van der Waals surface area contributed by atoms with Crippen LogP contribution in [0.25, 0.3) is 11.0 Å². The van der Waals surface area contributed by atoms with Crippen molar-refractivity contribution in [3.05, 3.63) is 52.5 Å². The number of primary amides is 1. The number of fused-ring (bicyclic) bond motifs is 1. The van der Waals surface area contributed by atoms with Gasteiger partial charge in [0.15, 0.2) is 11.4 Å². The van der Waals surface area contributed by atoms with Crippen LogP contribution in [0.1, 0.15) is 10.4 Å². The van der Waals surface area contributed by atoms with Crippen LogP contribution >= 0.6 is 12.2 Å². The maximum absolute atomic E-state index is 13.7. The van der Waals surface area contributed by atoms with Gasteiger partial charge < -0.3 is 25.8 Å². The predicted octanol–water partition coefficient (Wildman–Crippen LogP) is 2.48. The Kier molecular flexibility index (Phi) is 4.48. The van der Waals surface area contributed by atoms with Crippen LogP contribution in [0.2, 0.25) is 0 Å². The normalized spacial score (nSPS) is 10.6. The number of nitrogens with one attached hydrogen (secondary N) is 3. The number of hydrogen-bond donors (Lipinski definition) is 4. The number of benzene rings is 2. The molecule has 0 aliphatic heterocycles. The van der Waals surface area contributed by atoms with Crippen LogP contribution in [0, 0.1) is 10.6 Å². The number of hydrogen-bond acceptors (Lipinski definition) is 4. The summed E-state index contributed by atoms with van der Waals surface area (Å²) in [6.45, 7) is -0.236. The molecule has 1 aromatic heterocycles. The number of rotatable bonds is 5. The van der Waals surface area contributed by atoms with E-state index in [4.69, 9.17) is 22.7 Å². The summed E-state index contributed by atoms with van der Waals surface area (Å²) < 4.78 is 19.1. The van der Waals surface area contributed by atoms with Crippen molar-refractivity contribution in [2.75, 3.05) is 11.9 Å². The molecule has 0 saturated carbocycles. The van der Waals surface area contributed by atoms with Gasteiger partial charge in [-0.1, -0.05) is 0 Å². The molecule has 1 heterocycles. The van der Waals surface area contributed by atoms with Crippen molar-refractivity contribution < 1.29 is 18.7 Å². The maximum Gasteiger partial charge on any atom is 0.257 e. The molecule has 3 aromatic rings. The van der Waals surface area contributed by atoms with Crippen molar-refractivity contribution in [2.45, 2.75) is 0 Å². The maximum atomic E-state index is 13.7. The Hall–Kier alpha value is -3.20. The van der Waals surface area contributed by atoms with Crippen molar-refractivity contribution in [1.82, 2.24) is 9.97 Å². The summed E-state index contributed by atoms with van der Waals surface area (Å²) in [5.41, 5.74) is 6.42. The molecule has 128 valence electrons. The molecular formula is C16H13FN4O3S. The first-order valence-corrected chi connectivity index (χ1v) is 7.57. The van der Waals surface area contributed by atoms with E-state index in [2.05, 4.69) is 15.3 Å². The quantitative estimate of drug-likeness (QED) is 0.524. The number of imidazole rings is 1. The average Bonchev–Trinajstić information content (AvgIpc) is 2.93. The second-order valence-corrected chi connectivity index (χ2v) is 5.60. The van der Waals surface area contributed by atoms with Crippen molar-refractivity contribution in [1.29, 1.82) is 0 Å². The predicted molar refractivity (Wildman–Crippen MR) is 92.5 cm³/mol. The second kappa shape index (κ2) is 6.73. The van der Waals surface area contributed by atoms with E-state index in [0.29, 0.717) is 27.2 Å². The van der Waals surface area contributed by atoms with Gasteiger partial charge in [0.25, 0.3) is 11.8 Å². The van der Waals surface area contributed by atoms with Crippen molar-refractivity contribution in [2.24, 2.45) is 5.73 Å². The fraction of sp³-hybridized carbons (Fsp3) is 0.0625.